The summed E-state index contributed by atoms with van der Waals surface area (Å²) in [7, 11) is 0. The zero-order valence-electron chi connectivity index (χ0n) is 19.2. The maximum absolute atomic E-state index is 13.2. The molecule has 4 heterocycles. The molecule has 36 heavy (non-hydrogen) atoms. The van der Waals surface area contributed by atoms with Gasteiger partial charge in [-0.15, -0.1) is 5.10 Å². The number of hydrogen-bond donors (Lipinski definition) is 1. The van der Waals surface area contributed by atoms with Crippen LogP contribution in [0.5, 0.6) is 5.75 Å². The van der Waals surface area contributed by atoms with Gasteiger partial charge in [-0.3, -0.25) is 24.5 Å². The molecule has 0 spiro atoms. The largest absolute Gasteiger partial charge is 0.491 e. The third-order valence-electron chi connectivity index (χ3n) is 6.73. The maximum atomic E-state index is 13.2. The molecule has 0 aliphatic carbocycles. The second-order valence-corrected chi connectivity index (χ2v) is 8.97. The van der Waals surface area contributed by atoms with E-state index in [1.54, 1.807) is 29.3 Å². The smallest absolute Gasteiger partial charge is 0.276 e. The molecule has 1 fully saturated rings. The highest BCUT2D eigenvalue weighted by atomic mass is 16.5. The third-order valence-corrected chi connectivity index (χ3v) is 6.73. The first-order valence-corrected chi connectivity index (χ1v) is 11.7. The molecule has 0 radical (unpaired) electrons. The fourth-order valence-electron chi connectivity index (χ4n) is 4.83. The highest BCUT2D eigenvalue weighted by Crippen LogP contribution is 2.29. The number of amides is 4. The van der Waals surface area contributed by atoms with Crippen molar-refractivity contribution < 1.29 is 23.9 Å². The Balaban J connectivity index is 1.20. The van der Waals surface area contributed by atoms with Gasteiger partial charge in [0, 0.05) is 30.6 Å². The molecule has 3 aliphatic heterocycles. The number of nitrogens with zero attached hydrogens (tertiary/aromatic N) is 5. The summed E-state index contributed by atoms with van der Waals surface area (Å²) in [6.07, 6.45) is 2.04. The number of para-hydroxylation sites is 1. The van der Waals surface area contributed by atoms with Crippen LogP contribution in [0.2, 0.25) is 0 Å². The molecule has 0 saturated carbocycles. The van der Waals surface area contributed by atoms with E-state index in [1.165, 1.54) is 9.58 Å². The first-order chi connectivity index (χ1) is 17.5. The number of aromatic nitrogens is 3. The van der Waals surface area contributed by atoms with Crippen molar-refractivity contribution in [3.8, 4) is 11.4 Å². The zero-order chi connectivity index (χ0) is 24.8. The summed E-state index contributed by atoms with van der Waals surface area (Å²) in [5.74, 6) is -0.542. The fourth-order valence-corrected chi connectivity index (χ4v) is 4.83. The van der Waals surface area contributed by atoms with Crippen molar-refractivity contribution in [3.05, 3.63) is 71.0 Å². The summed E-state index contributed by atoms with van der Waals surface area (Å²) < 4.78 is 7.20. The van der Waals surface area contributed by atoms with Gasteiger partial charge in [-0.1, -0.05) is 29.5 Å². The van der Waals surface area contributed by atoms with Crippen LogP contribution in [0.25, 0.3) is 5.69 Å². The molecule has 3 aromatic rings. The first kappa shape index (κ1) is 22.0. The molecular weight excluding hydrogens is 464 g/mol. The van der Waals surface area contributed by atoms with E-state index in [2.05, 4.69) is 15.6 Å². The number of carbonyl (C=O) groups is 4. The number of ether oxygens (including phenoxy) is 1. The molecule has 1 unspecified atom stereocenters. The SMILES string of the molecule is O=C1CCC(N2Cc3ccc(-n4cc(C(=O)N5CCOc6ccccc6C5)nn4)cc3C2=O)C(=O)N1. The Morgan fingerprint density at radius 1 is 1.06 bits per heavy atom. The topological polar surface area (TPSA) is 127 Å². The Bertz CT molecular complexity index is 1420. The van der Waals surface area contributed by atoms with Crippen LogP contribution in [-0.4, -0.2) is 67.6 Å². The van der Waals surface area contributed by atoms with Crippen LogP contribution >= 0.6 is 0 Å². The van der Waals surface area contributed by atoms with Gasteiger partial charge in [0.05, 0.1) is 18.4 Å². The van der Waals surface area contributed by atoms with Crippen molar-refractivity contribution in [3.63, 3.8) is 0 Å². The molecule has 2 aromatic carbocycles. The average Bonchev–Trinajstić information content (AvgIpc) is 3.42. The van der Waals surface area contributed by atoms with Gasteiger partial charge < -0.3 is 14.5 Å². The van der Waals surface area contributed by atoms with Gasteiger partial charge in [-0.25, -0.2) is 4.68 Å². The normalized spacial score (nSPS) is 19.3. The molecule has 11 nitrogen and oxygen atoms in total. The van der Waals surface area contributed by atoms with E-state index in [-0.39, 0.29) is 29.8 Å². The number of fused-ring (bicyclic) bond motifs is 2. The quantitative estimate of drug-likeness (QED) is 0.549. The molecule has 1 aromatic heterocycles. The lowest BCUT2D eigenvalue weighted by Gasteiger charge is -2.29. The van der Waals surface area contributed by atoms with Crippen molar-refractivity contribution in [2.75, 3.05) is 13.2 Å². The summed E-state index contributed by atoms with van der Waals surface area (Å²) in [4.78, 5) is 53.2. The Labute approximate surface area is 205 Å². The van der Waals surface area contributed by atoms with Crippen molar-refractivity contribution >= 4 is 23.6 Å². The Hall–Kier alpha value is -4.54. The van der Waals surface area contributed by atoms with Crippen LogP contribution in [0.1, 0.15) is 44.8 Å². The lowest BCUT2D eigenvalue weighted by molar-refractivity contribution is -0.136. The van der Waals surface area contributed by atoms with Crippen molar-refractivity contribution in [2.45, 2.75) is 32.0 Å². The monoisotopic (exact) mass is 486 g/mol. The molecule has 182 valence electrons. The van der Waals surface area contributed by atoms with Crippen LogP contribution in [0.3, 0.4) is 0 Å². The molecule has 1 atom stereocenters. The van der Waals surface area contributed by atoms with Crippen LogP contribution in [0, 0.1) is 0 Å². The van der Waals surface area contributed by atoms with Crippen molar-refractivity contribution in [2.24, 2.45) is 0 Å². The van der Waals surface area contributed by atoms with Gasteiger partial charge in [-0.05, 0) is 30.2 Å². The van der Waals surface area contributed by atoms with Crippen LogP contribution in [0.4, 0.5) is 0 Å². The number of hydrogen-bond acceptors (Lipinski definition) is 7. The first-order valence-electron chi connectivity index (χ1n) is 11.7. The summed E-state index contributed by atoms with van der Waals surface area (Å²) in [5, 5.41) is 10.5. The van der Waals surface area contributed by atoms with Crippen LogP contribution in [0.15, 0.2) is 48.7 Å². The standard InChI is InChI=1S/C25H22N6O5/c32-22-8-7-20(23(33)26-22)30-13-15-5-6-17(11-18(15)24(30)34)31-14-19(27-28-31)25(35)29-9-10-36-21-4-2-1-3-16(21)12-29/h1-6,11,14,20H,7-10,12-13H2,(H,26,32,33). The lowest BCUT2D eigenvalue weighted by atomic mass is 10.0. The summed E-state index contributed by atoms with van der Waals surface area (Å²) in [5.41, 5.74) is 2.93. The van der Waals surface area contributed by atoms with E-state index in [0.29, 0.717) is 43.9 Å². The second kappa shape index (κ2) is 8.59. The zero-order valence-corrected chi connectivity index (χ0v) is 19.2. The molecule has 11 heteroatoms. The van der Waals surface area contributed by atoms with Crippen LogP contribution < -0.4 is 10.1 Å². The van der Waals surface area contributed by atoms with Gasteiger partial charge in [0.1, 0.15) is 18.4 Å². The Morgan fingerprint density at radius 2 is 1.92 bits per heavy atom. The number of imide groups is 1. The van der Waals surface area contributed by atoms with E-state index in [1.807, 2.05) is 24.3 Å². The second-order valence-electron chi connectivity index (χ2n) is 8.97. The maximum Gasteiger partial charge on any atom is 0.276 e. The molecule has 6 rings (SSSR count). The predicted molar refractivity (Wildman–Crippen MR) is 124 cm³/mol. The summed E-state index contributed by atoms with van der Waals surface area (Å²) >= 11 is 0. The predicted octanol–water partition coefficient (Wildman–Crippen LogP) is 1.06. The van der Waals surface area contributed by atoms with Gasteiger partial charge in [0.25, 0.3) is 11.8 Å². The highest BCUT2D eigenvalue weighted by molar-refractivity contribution is 6.05. The highest BCUT2D eigenvalue weighted by Gasteiger charge is 2.39. The fraction of sp³-hybridized carbons (Fsp3) is 0.280. The van der Waals surface area contributed by atoms with Gasteiger partial charge in [-0.2, -0.15) is 0 Å². The molecular formula is C25H22N6O5. The van der Waals surface area contributed by atoms with Crippen molar-refractivity contribution in [1.82, 2.24) is 30.1 Å². The summed E-state index contributed by atoms with van der Waals surface area (Å²) in [6.45, 7) is 1.50. The van der Waals surface area contributed by atoms with E-state index in [0.717, 1.165) is 16.9 Å². The van der Waals surface area contributed by atoms with E-state index in [9.17, 15) is 19.2 Å². The number of benzene rings is 2. The molecule has 0 bridgehead atoms. The summed E-state index contributed by atoms with van der Waals surface area (Å²) in [6, 6.07) is 12.2. The van der Waals surface area contributed by atoms with Gasteiger partial charge in [0.15, 0.2) is 5.69 Å². The number of carbonyl (C=O) groups excluding carboxylic acids is 4. The third kappa shape index (κ3) is 3.78. The van der Waals surface area contributed by atoms with E-state index < -0.39 is 11.9 Å². The number of nitrogens with one attached hydrogen (secondary N) is 1. The van der Waals surface area contributed by atoms with Crippen LogP contribution in [-0.2, 0) is 22.7 Å². The number of piperidine rings is 1. The minimum absolute atomic E-state index is 0.186. The van der Waals surface area contributed by atoms with Gasteiger partial charge in [0.2, 0.25) is 11.8 Å². The molecule has 1 N–H and O–H groups in total. The minimum Gasteiger partial charge on any atom is -0.491 e. The minimum atomic E-state index is -0.677. The Kier molecular flexibility index (Phi) is 5.24. The number of rotatable bonds is 3. The van der Waals surface area contributed by atoms with E-state index in [4.69, 9.17) is 4.74 Å². The average molecular weight is 486 g/mol. The molecule has 4 amide bonds. The molecule has 3 aliphatic rings. The Morgan fingerprint density at radius 3 is 2.78 bits per heavy atom. The van der Waals surface area contributed by atoms with Crippen molar-refractivity contribution in [1.29, 1.82) is 0 Å². The van der Waals surface area contributed by atoms with E-state index >= 15 is 0 Å². The van der Waals surface area contributed by atoms with Gasteiger partial charge >= 0.3 is 0 Å². The molecule has 1 saturated heterocycles. The lowest BCUT2D eigenvalue weighted by Crippen LogP contribution is -2.52.